The lowest BCUT2D eigenvalue weighted by Gasteiger charge is -2.37. The van der Waals surface area contributed by atoms with Gasteiger partial charge in [0.1, 0.15) is 23.3 Å². The lowest BCUT2D eigenvalue weighted by molar-refractivity contribution is -0.144. The largest absolute Gasteiger partial charge is 0.508 e. The van der Waals surface area contributed by atoms with Crippen molar-refractivity contribution >= 4 is 35.3 Å². The molecule has 73 heavy (non-hydrogen) atoms. The predicted molar refractivity (Wildman–Crippen MR) is 292 cm³/mol. The molecule has 0 unspecified atom stereocenters. The minimum Gasteiger partial charge on any atom is -0.508 e. The van der Waals surface area contributed by atoms with Crippen molar-refractivity contribution in [2.24, 2.45) is 22.7 Å². The highest BCUT2D eigenvalue weighted by atomic mass is 16.3. The Kier molecular flexibility index (Phi) is 25.4. The van der Waals surface area contributed by atoms with E-state index in [1.807, 2.05) is 106 Å². The Morgan fingerprint density at radius 3 is 1.48 bits per heavy atom. The van der Waals surface area contributed by atoms with Crippen molar-refractivity contribution in [2.75, 3.05) is 46.3 Å². The van der Waals surface area contributed by atoms with E-state index < -0.39 is 22.8 Å². The van der Waals surface area contributed by atoms with Gasteiger partial charge in [-0.25, -0.2) is 0 Å². The molecule has 2 aromatic carbocycles. The third-order valence-corrected chi connectivity index (χ3v) is 15.3. The molecule has 0 spiro atoms. The van der Waals surface area contributed by atoms with Crippen LogP contribution in [0.2, 0.25) is 0 Å². The first-order valence-electron chi connectivity index (χ1n) is 27.3. The van der Waals surface area contributed by atoms with Crippen LogP contribution in [0.25, 0.3) is 0 Å². The number of nitrogens with one attached hydrogen (secondary N) is 2. The Hall–Kier alpha value is -4.98. The molecule has 14 nitrogen and oxygen atoms in total. The molecule has 14 heteroatoms. The summed E-state index contributed by atoms with van der Waals surface area (Å²) >= 11 is 0. The van der Waals surface area contributed by atoms with Gasteiger partial charge in [-0.15, -0.1) is 0 Å². The molecule has 2 heterocycles. The standard InChI is InChI=1S/C58H92N6O8.CH4/c1-11-41(2)54(70)60-53(58(7,8)9)56(72)64-35-19-21-46(64)40-62(37-33-44-26-30-48(66)31-27-44)52(69)23-17-15-13-12-14-16-22-51(68)61(36-32-43-24-28-47(65)29-25-43)39-45-20-18-34-63(45)55(71)49(57(4,5)6)38-50(67)42(3)59-10;/h24-31,41-42,45-46,49,53,59,65-66H,11-23,32-40H2,1-10H3,(H,60,70);1H4/t41-,42+,45+,46+,49-,53-;/m1./s1. The van der Waals surface area contributed by atoms with Crippen LogP contribution >= 0.6 is 0 Å². The van der Waals surface area contributed by atoms with Crippen LogP contribution in [0.3, 0.4) is 0 Å². The number of phenolic OH excluding ortho intramolecular Hbond substituents is 2. The highest BCUT2D eigenvalue weighted by molar-refractivity contribution is 5.91. The number of unbranched alkanes of at least 4 members (excludes halogenated alkanes) is 5. The molecule has 4 N–H and O–H groups in total. The highest BCUT2D eigenvalue weighted by Gasteiger charge is 2.42. The van der Waals surface area contributed by atoms with Crippen molar-refractivity contribution in [1.29, 1.82) is 0 Å². The molecular weight excluding hydrogens is 921 g/mol. The fraction of sp³-hybridized carbons (Fsp3) is 0.695. The van der Waals surface area contributed by atoms with E-state index in [4.69, 9.17) is 0 Å². The third kappa shape index (κ3) is 19.7. The minimum atomic E-state index is -0.682. The maximum absolute atomic E-state index is 14.3. The van der Waals surface area contributed by atoms with Crippen molar-refractivity contribution in [1.82, 2.24) is 30.2 Å². The van der Waals surface area contributed by atoms with Gasteiger partial charge in [0.15, 0.2) is 0 Å². The number of rotatable bonds is 28. The number of hydrogen-bond acceptors (Lipinski definition) is 9. The van der Waals surface area contributed by atoms with Crippen LogP contribution in [0.15, 0.2) is 48.5 Å². The Bertz CT molecular complexity index is 1900. The Balaban J connectivity index is 0.0000141. The zero-order valence-corrected chi connectivity index (χ0v) is 45.8. The van der Waals surface area contributed by atoms with Crippen LogP contribution in [0.4, 0.5) is 0 Å². The number of nitrogens with zero attached hydrogens (tertiary/aromatic N) is 4. The number of carbonyl (C=O) groups excluding carboxylic acids is 6. The zero-order valence-electron chi connectivity index (χ0n) is 45.8. The maximum Gasteiger partial charge on any atom is 0.246 e. The van der Waals surface area contributed by atoms with Crippen molar-refractivity contribution in [3.8, 4) is 11.5 Å². The Labute approximate surface area is 439 Å². The average Bonchev–Trinajstić information content (AvgIpc) is 4.02. The second-order valence-corrected chi connectivity index (χ2v) is 23.0. The van der Waals surface area contributed by atoms with Gasteiger partial charge in [0.2, 0.25) is 29.5 Å². The third-order valence-electron chi connectivity index (χ3n) is 15.3. The van der Waals surface area contributed by atoms with Gasteiger partial charge in [-0.2, -0.15) is 0 Å². The van der Waals surface area contributed by atoms with Gasteiger partial charge in [0.05, 0.1) is 6.04 Å². The summed E-state index contributed by atoms with van der Waals surface area (Å²) in [5.41, 5.74) is 1.10. The number of carbonyl (C=O) groups is 6. The van der Waals surface area contributed by atoms with Gasteiger partial charge < -0.3 is 40.4 Å². The molecule has 0 bridgehead atoms. The number of Topliss-reactive ketones (excluding diaryl/α,β-unsaturated/α-hetero) is 1. The van der Waals surface area contributed by atoms with E-state index in [0.717, 1.165) is 75.3 Å². The van der Waals surface area contributed by atoms with Crippen LogP contribution < -0.4 is 10.6 Å². The molecule has 2 saturated heterocycles. The van der Waals surface area contributed by atoms with Gasteiger partial charge in [-0.05, 0) is 118 Å². The summed E-state index contributed by atoms with van der Waals surface area (Å²) < 4.78 is 0. The van der Waals surface area contributed by atoms with Gasteiger partial charge >= 0.3 is 0 Å². The SMILES string of the molecule is C.CC[C@@H](C)C(=O)N[C@H](C(=O)N1CCC[C@H]1CN(CCc1ccc(O)cc1)C(=O)CCCCCCCCC(=O)N(CCc1ccc(O)cc1)C[C@@H]1CCCN1C(=O)[C@@H](CC(=O)[C@H](C)NC)C(C)(C)C)C(C)(C)C. The fourth-order valence-corrected chi connectivity index (χ4v) is 9.99. The minimum absolute atomic E-state index is 0. The van der Waals surface area contributed by atoms with Crippen molar-refractivity contribution < 1.29 is 39.0 Å². The first-order valence-corrected chi connectivity index (χ1v) is 27.3. The van der Waals surface area contributed by atoms with Crippen molar-refractivity contribution in [3.63, 3.8) is 0 Å². The Morgan fingerprint density at radius 2 is 1.08 bits per heavy atom. The molecule has 4 rings (SSSR count). The number of likely N-dealkylation sites (tertiary alicyclic amines) is 2. The number of phenols is 2. The second-order valence-electron chi connectivity index (χ2n) is 23.0. The monoisotopic (exact) mass is 1020 g/mol. The molecule has 2 fully saturated rings. The lowest BCUT2D eigenvalue weighted by atomic mass is 9.76. The molecule has 2 aliphatic heterocycles. The number of ketones is 1. The first kappa shape index (κ1) is 62.3. The van der Waals surface area contributed by atoms with Gasteiger partial charge in [0.25, 0.3) is 0 Å². The molecule has 0 aliphatic carbocycles. The maximum atomic E-state index is 14.3. The molecule has 5 amide bonds. The van der Waals surface area contributed by atoms with Crippen LogP contribution in [-0.2, 0) is 41.6 Å². The molecule has 0 radical (unpaired) electrons. The number of hydrogen-bond donors (Lipinski definition) is 4. The average molecular weight is 1020 g/mol. The van der Waals surface area contributed by atoms with E-state index in [2.05, 4.69) is 10.6 Å². The predicted octanol–water partition coefficient (Wildman–Crippen LogP) is 9.09. The molecule has 0 saturated carbocycles. The molecule has 410 valence electrons. The highest BCUT2D eigenvalue weighted by Crippen LogP contribution is 2.34. The lowest BCUT2D eigenvalue weighted by Crippen LogP contribution is -2.57. The summed E-state index contributed by atoms with van der Waals surface area (Å²) in [5, 5.41) is 25.8. The van der Waals surface area contributed by atoms with Crippen LogP contribution in [-0.4, -0.2) is 136 Å². The quantitative estimate of drug-likeness (QED) is 0.0605. The van der Waals surface area contributed by atoms with Crippen molar-refractivity contribution in [2.45, 2.75) is 197 Å². The molecular formula is C59H96N6O8. The number of aromatic hydroxyl groups is 2. The zero-order chi connectivity index (χ0) is 53.2. The second kappa shape index (κ2) is 29.8. The van der Waals surface area contributed by atoms with E-state index in [-0.39, 0.29) is 84.7 Å². The van der Waals surface area contributed by atoms with Crippen LogP contribution in [0.1, 0.15) is 171 Å². The molecule has 0 aromatic heterocycles. The van der Waals surface area contributed by atoms with Crippen LogP contribution in [0.5, 0.6) is 11.5 Å². The van der Waals surface area contributed by atoms with Crippen molar-refractivity contribution in [3.05, 3.63) is 59.7 Å². The molecule has 6 atom stereocenters. The van der Waals surface area contributed by atoms with Gasteiger partial charge in [-0.1, -0.05) is 113 Å². The van der Waals surface area contributed by atoms with E-state index in [1.165, 1.54) is 0 Å². The number of likely N-dealkylation sites (N-methyl/N-ethyl adjacent to an activating group) is 1. The summed E-state index contributed by atoms with van der Waals surface area (Å²) in [4.78, 5) is 90.3. The summed E-state index contributed by atoms with van der Waals surface area (Å²) in [6.45, 7) is 20.6. The smallest absolute Gasteiger partial charge is 0.246 e. The normalized spacial score (nSPS) is 17.6. The topological polar surface area (TPSA) is 180 Å². The van der Waals surface area contributed by atoms with Gasteiger partial charge in [0, 0.05) is 82.5 Å². The van der Waals surface area contributed by atoms with Gasteiger partial charge in [-0.3, -0.25) is 28.8 Å². The fourth-order valence-electron chi connectivity index (χ4n) is 9.99. The molecule has 2 aliphatic rings. The van der Waals surface area contributed by atoms with Crippen LogP contribution in [0, 0.1) is 22.7 Å². The molecule has 2 aromatic rings. The van der Waals surface area contributed by atoms with E-state index in [9.17, 15) is 39.0 Å². The summed E-state index contributed by atoms with van der Waals surface area (Å²) in [7, 11) is 1.75. The number of benzene rings is 2. The van der Waals surface area contributed by atoms with E-state index >= 15 is 0 Å². The number of amides is 5. The van der Waals surface area contributed by atoms with E-state index in [0.29, 0.717) is 71.4 Å². The van der Waals surface area contributed by atoms with E-state index in [1.54, 1.807) is 31.3 Å². The summed E-state index contributed by atoms with van der Waals surface area (Å²) in [5.74, 6) is -0.414. The summed E-state index contributed by atoms with van der Waals surface area (Å²) in [6.07, 6.45) is 11.2. The Morgan fingerprint density at radius 1 is 0.658 bits per heavy atom. The first-order chi connectivity index (χ1) is 34.0. The summed E-state index contributed by atoms with van der Waals surface area (Å²) in [6, 6.07) is 12.8.